The van der Waals surface area contributed by atoms with Gasteiger partial charge in [-0.05, 0) is 6.07 Å². The number of aryl methyl sites for hydroxylation is 1. The van der Waals surface area contributed by atoms with Crippen LogP contribution in [0.25, 0.3) is 22.3 Å². The smallest absolute Gasteiger partial charge is 0.252 e. The summed E-state index contributed by atoms with van der Waals surface area (Å²) in [6.45, 7) is 1.80. The van der Waals surface area contributed by atoms with Crippen molar-refractivity contribution >= 4 is 40.0 Å². The Labute approximate surface area is 165 Å². The zero-order chi connectivity index (χ0) is 18.7. The minimum Gasteiger partial charge on any atom is -0.368 e. The standard InChI is InChI=1S/C18H17Cl2N5O2/c1-24-5-2-11(23-24)15-13-9-8-25(18(26)12-4-7-27-12)6-3-10(9)21-16(13)14(19)17(20)22-15/h2,5,12,21H,3-4,6-8H2,1H3. The number of carbonyl (C=O) groups excluding carboxylic acids is 1. The zero-order valence-electron chi connectivity index (χ0n) is 14.6. The van der Waals surface area contributed by atoms with Gasteiger partial charge in [-0.2, -0.15) is 5.10 Å². The van der Waals surface area contributed by atoms with Crippen molar-refractivity contribution in [2.45, 2.75) is 25.5 Å². The fourth-order valence-corrected chi connectivity index (χ4v) is 4.14. The molecule has 1 unspecified atom stereocenters. The maximum absolute atomic E-state index is 12.6. The zero-order valence-corrected chi connectivity index (χ0v) is 16.1. The van der Waals surface area contributed by atoms with E-state index >= 15 is 0 Å². The van der Waals surface area contributed by atoms with Gasteiger partial charge in [0.05, 0.1) is 12.1 Å². The summed E-state index contributed by atoms with van der Waals surface area (Å²) in [4.78, 5) is 22.4. The van der Waals surface area contributed by atoms with Crippen LogP contribution in [-0.4, -0.2) is 49.8 Å². The number of fused-ring (bicyclic) bond motifs is 3. The molecule has 0 radical (unpaired) electrons. The lowest BCUT2D eigenvalue weighted by molar-refractivity contribution is -0.157. The monoisotopic (exact) mass is 405 g/mol. The van der Waals surface area contributed by atoms with Gasteiger partial charge in [-0.3, -0.25) is 9.48 Å². The van der Waals surface area contributed by atoms with E-state index in [0.29, 0.717) is 36.1 Å². The number of rotatable bonds is 2. The molecule has 0 bridgehead atoms. The molecule has 5 rings (SSSR count). The summed E-state index contributed by atoms with van der Waals surface area (Å²) in [5, 5.41) is 5.98. The predicted octanol–water partition coefficient (Wildman–Crippen LogP) is 2.94. The molecule has 0 spiro atoms. The van der Waals surface area contributed by atoms with Crippen LogP contribution in [0.1, 0.15) is 17.7 Å². The summed E-state index contributed by atoms with van der Waals surface area (Å²) in [7, 11) is 1.85. The number of nitrogens with one attached hydrogen (secondary N) is 1. The van der Waals surface area contributed by atoms with Crippen molar-refractivity contribution in [3.63, 3.8) is 0 Å². The van der Waals surface area contributed by atoms with E-state index in [2.05, 4.69) is 15.1 Å². The Balaban J connectivity index is 1.65. The molecule has 3 aromatic rings. The van der Waals surface area contributed by atoms with Crippen LogP contribution in [0.15, 0.2) is 12.3 Å². The molecule has 1 N–H and O–H groups in total. The minimum absolute atomic E-state index is 0.0497. The molecule has 1 saturated heterocycles. The third-order valence-corrected chi connectivity index (χ3v) is 6.00. The molecule has 5 heterocycles. The van der Waals surface area contributed by atoms with Crippen LogP contribution < -0.4 is 0 Å². The SMILES string of the molecule is Cn1ccc(-c2nc(Cl)c(Cl)c3[nH]c4c(c23)CN(C(=O)C2CCO2)CC4)n1. The van der Waals surface area contributed by atoms with Gasteiger partial charge in [0.2, 0.25) is 0 Å². The van der Waals surface area contributed by atoms with Crippen molar-refractivity contribution in [2.75, 3.05) is 13.2 Å². The highest BCUT2D eigenvalue weighted by atomic mass is 35.5. The van der Waals surface area contributed by atoms with Gasteiger partial charge in [0.15, 0.2) is 5.15 Å². The van der Waals surface area contributed by atoms with Gasteiger partial charge in [-0.25, -0.2) is 4.98 Å². The van der Waals surface area contributed by atoms with Gasteiger partial charge in [0.25, 0.3) is 5.91 Å². The van der Waals surface area contributed by atoms with Crippen molar-refractivity contribution < 1.29 is 9.53 Å². The number of amides is 1. The number of pyridine rings is 1. The first kappa shape index (κ1) is 17.0. The second-order valence-electron chi connectivity index (χ2n) is 6.93. The molecule has 2 aliphatic rings. The molecule has 9 heteroatoms. The van der Waals surface area contributed by atoms with E-state index < -0.39 is 0 Å². The molecule has 7 nitrogen and oxygen atoms in total. The highest BCUT2D eigenvalue weighted by molar-refractivity contribution is 6.44. The maximum atomic E-state index is 12.6. The quantitative estimate of drug-likeness (QED) is 0.664. The molecule has 0 saturated carbocycles. The Morgan fingerprint density at radius 3 is 2.89 bits per heavy atom. The lowest BCUT2D eigenvalue weighted by Crippen LogP contribution is -2.47. The largest absolute Gasteiger partial charge is 0.368 e. The summed E-state index contributed by atoms with van der Waals surface area (Å²) < 4.78 is 7.09. The molecular weight excluding hydrogens is 389 g/mol. The molecule has 1 amide bonds. The van der Waals surface area contributed by atoms with E-state index in [9.17, 15) is 4.79 Å². The fourth-order valence-electron chi connectivity index (χ4n) is 3.78. The number of carbonyl (C=O) groups is 1. The molecule has 1 atom stereocenters. The van der Waals surface area contributed by atoms with E-state index in [4.69, 9.17) is 27.9 Å². The molecular formula is C18H17Cl2N5O2. The summed E-state index contributed by atoms with van der Waals surface area (Å²) in [5.74, 6) is 0.0497. The van der Waals surface area contributed by atoms with Crippen LogP contribution in [0.5, 0.6) is 0 Å². The van der Waals surface area contributed by atoms with Gasteiger partial charge in [-0.15, -0.1) is 0 Å². The molecule has 0 aliphatic carbocycles. The first-order valence-electron chi connectivity index (χ1n) is 8.81. The molecule has 2 aliphatic heterocycles. The Hall–Kier alpha value is -2.09. The van der Waals surface area contributed by atoms with Crippen molar-refractivity contribution in [1.29, 1.82) is 0 Å². The minimum atomic E-state index is -0.303. The highest BCUT2D eigenvalue weighted by Gasteiger charge is 2.34. The molecule has 3 aromatic heterocycles. The third kappa shape index (κ3) is 2.64. The second kappa shape index (κ2) is 6.22. The van der Waals surface area contributed by atoms with Crippen molar-refractivity contribution in [3.05, 3.63) is 33.7 Å². The highest BCUT2D eigenvalue weighted by Crippen LogP contribution is 2.40. The van der Waals surface area contributed by atoms with Crippen LogP contribution in [-0.2, 0) is 29.5 Å². The first-order valence-corrected chi connectivity index (χ1v) is 9.57. The molecule has 140 valence electrons. The van der Waals surface area contributed by atoms with Crippen LogP contribution in [0.4, 0.5) is 0 Å². The number of H-pyrrole nitrogens is 1. The van der Waals surface area contributed by atoms with Gasteiger partial charge >= 0.3 is 0 Å². The number of hydrogen-bond acceptors (Lipinski definition) is 4. The maximum Gasteiger partial charge on any atom is 0.252 e. The summed E-state index contributed by atoms with van der Waals surface area (Å²) in [5.41, 5.74) is 4.22. The van der Waals surface area contributed by atoms with E-state index in [1.165, 1.54) is 0 Å². The van der Waals surface area contributed by atoms with Gasteiger partial charge < -0.3 is 14.6 Å². The van der Waals surface area contributed by atoms with Crippen LogP contribution in [0, 0.1) is 0 Å². The molecule has 1 fully saturated rings. The molecule has 27 heavy (non-hydrogen) atoms. The average molecular weight is 406 g/mol. The van der Waals surface area contributed by atoms with Crippen molar-refractivity contribution in [2.24, 2.45) is 7.05 Å². The molecule has 0 aromatic carbocycles. The van der Waals surface area contributed by atoms with Gasteiger partial charge in [-0.1, -0.05) is 23.2 Å². The fraction of sp³-hybridized carbons (Fsp3) is 0.389. The van der Waals surface area contributed by atoms with Crippen LogP contribution in [0.3, 0.4) is 0 Å². The average Bonchev–Trinajstić information content (AvgIpc) is 3.20. The first-order chi connectivity index (χ1) is 13.0. The lowest BCUT2D eigenvalue weighted by Gasteiger charge is -2.34. The number of aromatic nitrogens is 4. The summed E-state index contributed by atoms with van der Waals surface area (Å²) in [6.07, 6.45) is 3.06. The summed E-state index contributed by atoms with van der Waals surface area (Å²) >= 11 is 12.7. The number of hydrogen-bond donors (Lipinski definition) is 1. The van der Waals surface area contributed by atoms with E-state index in [1.807, 2.05) is 24.2 Å². The number of ether oxygens (including phenoxy) is 1. The Morgan fingerprint density at radius 1 is 1.41 bits per heavy atom. The van der Waals surface area contributed by atoms with Crippen molar-refractivity contribution in [3.8, 4) is 11.4 Å². The predicted molar refractivity (Wildman–Crippen MR) is 102 cm³/mol. The Kier molecular flexibility index (Phi) is 3.93. The normalized spacial score (nSPS) is 19.2. The second-order valence-corrected chi connectivity index (χ2v) is 7.67. The Morgan fingerprint density at radius 2 is 2.22 bits per heavy atom. The van der Waals surface area contributed by atoms with Gasteiger partial charge in [0, 0.05) is 55.8 Å². The van der Waals surface area contributed by atoms with Crippen LogP contribution >= 0.6 is 23.2 Å². The third-order valence-electron chi connectivity index (χ3n) is 5.26. The van der Waals surface area contributed by atoms with E-state index in [1.54, 1.807) is 4.68 Å². The van der Waals surface area contributed by atoms with Crippen molar-refractivity contribution in [1.82, 2.24) is 24.6 Å². The number of halogens is 2. The van der Waals surface area contributed by atoms with E-state index in [-0.39, 0.29) is 17.2 Å². The van der Waals surface area contributed by atoms with E-state index in [0.717, 1.165) is 35.0 Å². The number of nitrogens with zero attached hydrogens (tertiary/aromatic N) is 4. The topological polar surface area (TPSA) is 76.0 Å². The summed E-state index contributed by atoms with van der Waals surface area (Å²) in [6, 6.07) is 1.89. The van der Waals surface area contributed by atoms with Crippen LogP contribution in [0.2, 0.25) is 10.2 Å². The Bertz CT molecular complexity index is 1070. The number of aromatic amines is 1. The lowest BCUT2D eigenvalue weighted by atomic mass is 10.0. The van der Waals surface area contributed by atoms with Gasteiger partial charge in [0.1, 0.15) is 22.5 Å².